The Labute approximate surface area is 85.1 Å². The van der Waals surface area contributed by atoms with Crippen LogP contribution in [0.25, 0.3) is 0 Å². The van der Waals surface area contributed by atoms with E-state index in [1.165, 1.54) is 0 Å². The first kappa shape index (κ1) is 11.1. The second kappa shape index (κ2) is 3.64. The lowest BCUT2D eigenvalue weighted by Crippen LogP contribution is -2.17. The van der Waals surface area contributed by atoms with Crippen molar-refractivity contribution in [3.05, 3.63) is 21.6 Å². The standard InChI is InChI=1S/C11H20N2O/c1-6-7-13-10(14)8(2)9(12-13)11(3,4)5/h12H,6-7H2,1-5H3. The summed E-state index contributed by atoms with van der Waals surface area (Å²) < 4.78 is 1.70. The third-order valence-corrected chi connectivity index (χ3v) is 2.38. The lowest BCUT2D eigenvalue weighted by atomic mass is 9.90. The van der Waals surface area contributed by atoms with Gasteiger partial charge in [-0.15, -0.1) is 0 Å². The Morgan fingerprint density at radius 3 is 2.29 bits per heavy atom. The van der Waals surface area contributed by atoms with E-state index in [0.29, 0.717) is 0 Å². The van der Waals surface area contributed by atoms with Crippen LogP contribution in [-0.4, -0.2) is 9.78 Å². The first-order valence-corrected chi connectivity index (χ1v) is 5.17. The van der Waals surface area contributed by atoms with Crippen molar-refractivity contribution in [1.82, 2.24) is 9.78 Å². The molecule has 1 heterocycles. The Morgan fingerprint density at radius 1 is 1.36 bits per heavy atom. The summed E-state index contributed by atoms with van der Waals surface area (Å²) in [5.74, 6) is 0. The van der Waals surface area contributed by atoms with Crippen molar-refractivity contribution < 1.29 is 0 Å². The fraction of sp³-hybridized carbons (Fsp3) is 0.727. The summed E-state index contributed by atoms with van der Waals surface area (Å²) in [6.07, 6.45) is 0.976. The maximum absolute atomic E-state index is 11.8. The predicted octanol–water partition coefficient (Wildman–Crippen LogP) is 2.19. The monoisotopic (exact) mass is 196 g/mol. The predicted molar refractivity (Wildman–Crippen MR) is 58.8 cm³/mol. The van der Waals surface area contributed by atoms with Gasteiger partial charge in [-0.1, -0.05) is 27.7 Å². The van der Waals surface area contributed by atoms with Crippen LogP contribution in [0.3, 0.4) is 0 Å². The zero-order valence-electron chi connectivity index (χ0n) is 9.77. The zero-order valence-corrected chi connectivity index (χ0v) is 9.77. The van der Waals surface area contributed by atoms with Crippen molar-refractivity contribution in [2.75, 3.05) is 0 Å². The van der Waals surface area contributed by atoms with Crippen molar-refractivity contribution in [2.45, 2.75) is 53.0 Å². The number of nitrogens with zero attached hydrogens (tertiary/aromatic N) is 1. The molecule has 0 fully saturated rings. The smallest absolute Gasteiger partial charge is 0.269 e. The average Bonchev–Trinajstić information content (AvgIpc) is 2.32. The van der Waals surface area contributed by atoms with Gasteiger partial charge in [-0.3, -0.25) is 14.6 Å². The Hall–Kier alpha value is -0.990. The molecule has 0 aliphatic heterocycles. The zero-order chi connectivity index (χ0) is 10.9. The molecule has 0 unspecified atom stereocenters. The lowest BCUT2D eigenvalue weighted by Gasteiger charge is -2.17. The fourth-order valence-electron chi connectivity index (χ4n) is 1.69. The number of aromatic nitrogens is 2. The average molecular weight is 196 g/mol. The van der Waals surface area contributed by atoms with E-state index >= 15 is 0 Å². The number of aromatic amines is 1. The van der Waals surface area contributed by atoms with Gasteiger partial charge in [-0.2, -0.15) is 0 Å². The Balaban J connectivity index is 3.22. The van der Waals surface area contributed by atoms with Gasteiger partial charge in [0.15, 0.2) is 0 Å². The van der Waals surface area contributed by atoms with Gasteiger partial charge >= 0.3 is 0 Å². The van der Waals surface area contributed by atoms with Gasteiger partial charge in [-0.05, 0) is 13.3 Å². The van der Waals surface area contributed by atoms with Gasteiger partial charge < -0.3 is 0 Å². The molecule has 0 aromatic carbocycles. The molecule has 1 aromatic rings. The quantitative estimate of drug-likeness (QED) is 0.773. The highest BCUT2D eigenvalue weighted by Gasteiger charge is 2.21. The molecule has 0 aliphatic rings. The maximum atomic E-state index is 11.8. The van der Waals surface area contributed by atoms with Crippen molar-refractivity contribution >= 4 is 0 Å². The first-order chi connectivity index (χ1) is 6.38. The van der Waals surface area contributed by atoms with E-state index in [9.17, 15) is 4.79 Å². The van der Waals surface area contributed by atoms with Crippen LogP contribution >= 0.6 is 0 Å². The summed E-state index contributed by atoms with van der Waals surface area (Å²) in [5.41, 5.74) is 2.04. The number of rotatable bonds is 2. The second-order valence-corrected chi connectivity index (χ2v) is 4.82. The summed E-state index contributed by atoms with van der Waals surface area (Å²) in [4.78, 5) is 11.8. The third-order valence-electron chi connectivity index (χ3n) is 2.38. The topological polar surface area (TPSA) is 37.8 Å². The number of aryl methyl sites for hydroxylation is 1. The summed E-state index contributed by atoms with van der Waals surface area (Å²) in [6, 6.07) is 0. The molecule has 0 radical (unpaired) electrons. The molecule has 0 saturated carbocycles. The SMILES string of the molecule is CCCn1[nH]c(C(C)(C)C)c(C)c1=O. The molecule has 0 aliphatic carbocycles. The number of nitrogens with one attached hydrogen (secondary N) is 1. The minimum Gasteiger partial charge on any atom is -0.299 e. The summed E-state index contributed by atoms with van der Waals surface area (Å²) in [6.45, 7) is 11.1. The Morgan fingerprint density at radius 2 is 1.93 bits per heavy atom. The van der Waals surface area contributed by atoms with Gasteiger partial charge in [0.2, 0.25) is 0 Å². The van der Waals surface area contributed by atoms with Crippen LogP contribution in [-0.2, 0) is 12.0 Å². The van der Waals surface area contributed by atoms with Crippen LogP contribution in [0, 0.1) is 6.92 Å². The molecule has 3 nitrogen and oxygen atoms in total. The van der Waals surface area contributed by atoms with Crippen LogP contribution < -0.4 is 5.56 Å². The summed E-state index contributed by atoms with van der Waals surface area (Å²) in [7, 11) is 0. The third kappa shape index (κ3) is 1.91. The molecule has 0 bridgehead atoms. The molecule has 80 valence electrons. The highest BCUT2D eigenvalue weighted by molar-refractivity contribution is 5.22. The molecule has 14 heavy (non-hydrogen) atoms. The lowest BCUT2D eigenvalue weighted by molar-refractivity contribution is 0.523. The van der Waals surface area contributed by atoms with Gasteiger partial charge in [-0.25, -0.2) is 0 Å². The molecule has 1 aromatic heterocycles. The van der Waals surface area contributed by atoms with E-state index < -0.39 is 0 Å². The fourth-order valence-corrected chi connectivity index (χ4v) is 1.69. The van der Waals surface area contributed by atoms with Gasteiger partial charge in [0.05, 0.1) is 0 Å². The van der Waals surface area contributed by atoms with Crippen molar-refractivity contribution in [1.29, 1.82) is 0 Å². The molecule has 0 saturated heterocycles. The van der Waals surface area contributed by atoms with E-state index in [1.807, 2.05) is 6.92 Å². The van der Waals surface area contributed by atoms with Crippen LogP contribution in [0.2, 0.25) is 0 Å². The van der Waals surface area contributed by atoms with E-state index in [2.05, 4.69) is 32.8 Å². The van der Waals surface area contributed by atoms with E-state index in [4.69, 9.17) is 0 Å². The molecule has 1 rings (SSSR count). The number of hydrogen-bond acceptors (Lipinski definition) is 1. The molecular weight excluding hydrogens is 176 g/mol. The van der Waals surface area contributed by atoms with Crippen molar-refractivity contribution in [3.63, 3.8) is 0 Å². The minimum atomic E-state index is 0.0161. The minimum absolute atomic E-state index is 0.0161. The highest BCUT2D eigenvalue weighted by Crippen LogP contribution is 2.21. The number of H-pyrrole nitrogens is 1. The first-order valence-electron chi connectivity index (χ1n) is 5.17. The van der Waals surface area contributed by atoms with Gasteiger partial charge in [0.25, 0.3) is 5.56 Å². The van der Waals surface area contributed by atoms with Crippen molar-refractivity contribution in [2.24, 2.45) is 0 Å². The van der Waals surface area contributed by atoms with Crippen LogP contribution in [0.1, 0.15) is 45.4 Å². The van der Waals surface area contributed by atoms with Crippen molar-refractivity contribution in [3.8, 4) is 0 Å². The second-order valence-electron chi connectivity index (χ2n) is 4.82. The van der Waals surface area contributed by atoms with Gasteiger partial charge in [0, 0.05) is 23.2 Å². The molecular formula is C11H20N2O. The molecule has 1 N–H and O–H groups in total. The summed E-state index contributed by atoms with van der Waals surface area (Å²) >= 11 is 0. The van der Waals surface area contributed by atoms with Crippen LogP contribution in [0.15, 0.2) is 4.79 Å². The molecule has 3 heteroatoms. The number of hydrogen-bond donors (Lipinski definition) is 1. The Bertz CT molecular complexity index is 366. The molecule has 0 atom stereocenters. The van der Waals surface area contributed by atoms with E-state index in [-0.39, 0.29) is 11.0 Å². The molecule has 0 amide bonds. The summed E-state index contributed by atoms with van der Waals surface area (Å²) in [5, 5.41) is 3.19. The normalized spacial score (nSPS) is 12.1. The van der Waals surface area contributed by atoms with Crippen LogP contribution in [0.5, 0.6) is 0 Å². The van der Waals surface area contributed by atoms with Crippen LogP contribution in [0.4, 0.5) is 0 Å². The van der Waals surface area contributed by atoms with E-state index in [0.717, 1.165) is 24.2 Å². The van der Waals surface area contributed by atoms with Gasteiger partial charge in [0.1, 0.15) is 0 Å². The largest absolute Gasteiger partial charge is 0.299 e. The Kier molecular flexibility index (Phi) is 2.88. The molecule has 0 spiro atoms. The highest BCUT2D eigenvalue weighted by atomic mass is 16.1. The van der Waals surface area contributed by atoms with E-state index in [1.54, 1.807) is 4.68 Å². The maximum Gasteiger partial charge on any atom is 0.269 e.